The first-order valence-electron chi connectivity index (χ1n) is 6.38. The van der Waals surface area contributed by atoms with E-state index in [1.165, 1.54) is 7.11 Å². The summed E-state index contributed by atoms with van der Waals surface area (Å²) in [5, 5.41) is 0. The Morgan fingerprint density at radius 1 is 1.50 bits per heavy atom. The van der Waals surface area contributed by atoms with Gasteiger partial charge in [-0.15, -0.1) is 0 Å². The predicted molar refractivity (Wildman–Crippen MR) is 77.7 cm³/mol. The van der Waals surface area contributed by atoms with Crippen LogP contribution < -0.4 is 4.74 Å². The van der Waals surface area contributed by atoms with Gasteiger partial charge in [-0.3, -0.25) is 4.90 Å². The fourth-order valence-electron chi connectivity index (χ4n) is 2.19. The van der Waals surface area contributed by atoms with E-state index < -0.39 is 6.10 Å². The molecule has 1 aliphatic rings. The quantitative estimate of drug-likeness (QED) is 0.780. The molecule has 5 nitrogen and oxygen atoms in total. The van der Waals surface area contributed by atoms with Crippen LogP contribution in [0.2, 0.25) is 0 Å². The Labute approximate surface area is 126 Å². The van der Waals surface area contributed by atoms with Crippen molar-refractivity contribution < 1.29 is 19.0 Å². The van der Waals surface area contributed by atoms with Gasteiger partial charge in [-0.25, -0.2) is 4.79 Å². The highest BCUT2D eigenvalue weighted by Crippen LogP contribution is 2.26. The third kappa shape index (κ3) is 3.71. The zero-order valence-electron chi connectivity index (χ0n) is 11.6. The van der Waals surface area contributed by atoms with Gasteiger partial charge in [0.05, 0.1) is 25.3 Å². The van der Waals surface area contributed by atoms with Crippen molar-refractivity contribution >= 4 is 21.9 Å². The van der Waals surface area contributed by atoms with E-state index in [4.69, 9.17) is 14.2 Å². The first-order valence-corrected chi connectivity index (χ1v) is 7.17. The maximum absolute atomic E-state index is 11.5. The minimum absolute atomic E-state index is 0.314. The fourth-order valence-corrected chi connectivity index (χ4v) is 2.77. The van der Waals surface area contributed by atoms with Gasteiger partial charge in [0.2, 0.25) is 0 Å². The van der Waals surface area contributed by atoms with Crippen LogP contribution in [0.25, 0.3) is 0 Å². The Kier molecular flexibility index (Phi) is 5.39. The number of carbonyl (C=O) groups excluding carboxylic acids is 1. The lowest BCUT2D eigenvalue weighted by Crippen LogP contribution is -2.46. The van der Waals surface area contributed by atoms with Gasteiger partial charge in [0.1, 0.15) is 5.75 Å². The summed E-state index contributed by atoms with van der Waals surface area (Å²) < 4.78 is 16.3. The molecule has 1 fully saturated rings. The second-order valence-corrected chi connectivity index (χ2v) is 5.44. The van der Waals surface area contributed by atoms with Crippen molar-refractivity contribution in [2.75, 3.05) is 33.9 Å². The smallest absolute Gasteiger partial charge is 0.336 e. The summed E-state index contributed by atoms with van der Waals surface area (Å²) in [5.74, 6) is 0.494. The number of hydrogen-bond acceptors (Lipinski definition) is 5. The summed E-state index contributed by atoms with van der Waals surface area (Å²) in [7, 11) is 3.02. The van der Waals surface area contributed by atoms with Crippen molar-refractivity contribution in [3.8, 4) is 5.75 Å². The number of ether oxygens (including phenoxy) is 3. The van der Waals surface area contributed by atoms with Gasteiger partial charge < -0.3 is 14.2 Å². The minimum Gasteiger partial charge on any atom is -0.496 e. The lowest BCUT2D eigenvalue weighted by atomic mass is 10.2. The van der Waals surface area contributed by atoms with E-state index in [-0.39, 0.29) is 5.97 Å². The molecular formula is C14H18BrNO4. The lowest BCUT2D eigenvalue weighted by molar-refractivity contribution is -0.160. The van der Waals surface area contributed by atoms with Gasteiger partial charge in [-0.1, -0.05) is 6.07 Å². The molecule has 0 amide bonds. The molecule has 1 aromatic carbocycles. The van der Waals surface area contributed by atoms with Gasteiger partial charge >= 0.3 is 5.97 Å². The molecule has 0 N–H and O–H groups in total. The SMILES string of the molecule is COC(=O)C1CN(Cc2ccc(OC)c(Br)c2)CCO1. The van der Waals surface area contributed by atoms with Gasteiger partial charge in [-0.05, 0) is 33.6 Å². The Morgan fingerprint density at radius 2 is 2.30 bits per heavy atom. The zero-order chi connectivity index (χ0) is 14.5. The van der Waals surface area contributed by atoms with E-state index in [1.807, 2.05) is 18.2 Å². The van der Waals surface area contributed by atoms with Crippen LogP contribution in [0.5, 0.6) is 5.75 Å². The maximum Gasteiger partial charge on any atom is 0.336 e. The van der Waals surface area contributed by atoms with Crippen molar-refractivity contribution in [3.05, 3.63) is 28.2 Å². The molecule has 0 bridgehead atoms. The molecule has 110 valence electrons. The van der Waals surface area contributed by atoms with Crippen molar-refractivity contribution in [1.29, 1.82) is 0 Å². The van der Waals surface area contributed by atoms with Crippen molar-refractivity contribution in [2.45, 2.75) is 12.6 Å². The molecule has 1 aliphatic heterocycles. The lowest BCUT2D eigenvalue weighted by Gasteiger charge is -2.31. The average molecular weight is 344 g/mol. The number of esters is 1. The standard InChI is InChI=1S/C14H18BrNO4/c1-18-12-4-3-10(7-11(12)15)8-16-5-6-20-13(9-16)14(17)19-2/h3-4,7,13H,5-6,8-9H2,1-2H3. The molecule has 20 heavy (non-hydrogen) atoms. The van der Waals surface area contributed by atoms with Gasteiger partial charge in [0.15, 0.2) is 6.10 Å². The van der Waals surface area contributed by atoms with Crippen LogP contribution in [0.1, 0.15) is 5.56 Å². The van der Waals surface area contributed by atoms with E-state index >= 15 is 0 Å². The van der Waals surface area contributed by atoms with Crippen LogP contribution in [0.3, 0.4) is 0 Å². The molecule has 1 saturated heterocycles. The van der Waals surface area contributed by atoms with Gasteiger partial charge in [0.25, 0.3) is 0 Å². The van der Waals surface area contributed by atoms with Crippen molar-refractivity contribution in [1.82, 2.24) is 4.90 Å². The number of hydrogen-bond donors (Lipinski definition) is 0. The molecule has 6 heteroatoms. The van der Waals surface area contributed by atoms with Crippen LogP contribution in [-0.2, 0) is 20.8 Å². The number of benzene rings is 1. The Morgan fingerprint density at radius 3 is 2.95 bits per heavy atom. The first kappa shape index (κ1) is 15.3. The third-order valence-corrected chi connectivity index (χ3v) is 3.86. The highest BCUT2D eigenvalue weighted by atomic mass is 79.9. The van der Waals surface area contributed by atoms with E-state index in [1.54, 1.807) is 7.11 Å². The van der Waals surface area contributed by atoms with Gasteiger partial charge in [-0.2, -0.15) is 0 Å². The molecule has 1 atom stereocenters. The molecular weight excluding hydrogens is 326 g/mol. The summed E-state index contributed by atoms with van der Waals surface area (Å²) in [6, 6.07) is 5.98. The van der Waals surface area contributed by atoms with Gasteiger partial charge in [0, 0.05) is 19.6 Å². The number of nitrogens with zero attached hydrogens (tertiary/aromatic N) is 1. The average Bonchev–Trinajstić information content (AvgIpc) is 2.47. The molecule has 0 aromatic heterocycles. The Hall–Kier alpha value is -1.11. The predicted octanol–water partition coefficient (Wildman–Crippen LogP) is 1.83. The summed E-state index contributed by atoms with van der Waals surface area (Å²) in [5.41, 5.74) is 1.16. The van der Waals surface area contributed by atoms with E-state index in [0.29, 0.717) is 13.2 Å². The van der Waals surface area contributed by atoms with E-state index in [0.717, 1.165) is 28.9 Å². The molecule has 2 rings (SSSR count). The first-order chi connectivity index (χ1) is 9.63. The molecule has 0 saturated carbocycles. The van der Waals surface area contributed by atoms with E-state index in [9.17, 15) is 4.79 Å². The van der Waals surface area contributed by atoms with Crippen LogP contribution in [0.15, 0.2) is 22.7 Å². The zero-order valence-corrected chi connectivity index (χ0v) is 13.2. The Bertz CT molecular complexity index is 480. The number of rotatable bonds is 4. The Balaban J connectivity index is 1.99. The normalized spacial score (nSPS) is 19.6. The number of halogens is 1. The minimum atomic E-state index is -0.490. The molecule has 1 unspecified atom stereocenters. The highest BCUT2D eigenvalue weighted by molar-refractivity contribution is 9.10. The topological polar surface area (TPSA) is 48.0 Å². The summed E-state index contributed by atoms with van der Waals surface area (Å²) >= 11 is 3.48. The monoisotopic (exact) mass is 343 g/mol. The summed E-state index contributed by atoms with van der Waals surface area (Å²) in [6.07, 6.45) is -0.490. The van der Waals surface area contributed by atoms with E-state index in [2.05, 4.69) is 20.8 Å². The number of carbonyl (C=O) groups is 1. The second kappa shape index (κ2) is 7.06. The van der Waals surface area contributed by atoms with Crippen molar-refractivity contribution in [3.63, 3.8) is 0 Å². The number of methoxy groups -OCH3 is 2. The van der Waals surface area contributed by atoms with Crippen molar-refractivity contribution in [2.24, 2.45) is 0 Å². The third-order valence-electron chi connectivity index (χ3n) is 3.24. The molecule has 1 aromatic rings. The van der Waals surface area contributed by atoms with Crippen LogP contribution in [0.4, 0.5) is 0 Å². The van der Waals surface area contributed by atoms with Crippen LogP contribution in [-0.4, -0.2) is 50.9 Å². The van der Waals surface area contributed by atoms with Crippen LogP contribution in [0, 0.1) is 0 Å². The highest BCUT2D eigenvalue weighted by Gasteiger charge is 2.27. The largest absolute Gasteiger partial charge is 0.496 e. The summed E-state index contributed by atoms with van der Waals surface area (Å²) in [6.45, 7) is 2.66. The fraction of sp³-hybridized carbons (Fsp3) is 0.500. The van der Waals surface area contributed by atoms with Crippen LogP contribution >= 0.6 is 15.9 Å². The maximum atomic E-state index is 11.5. The molecule has 0 radical (unpaired) electrons. The molecule has 0 spiro atoms. The second-order valence-electron chi connectivity index (χ2n) is 4.59. The molecule has 0 aliphatic carbocycles. The number of morpholine rings is 1. The summed E-state index contributed by atoms with van der Waals surface area (Å²) in [4.78, 5) is 13.7. The molecule has 1 heterocycles.